The highest BCUT2D eigenvalue weighted by Crippen LogP contribution is 2.45. The van der Waals surface area contributed by atoms with Crippen molar-refractivity contribution in [3.05, 3.63) is 100 Å². The second-order valence-corrected chi connectivity index (χ2v) is 13.0. The average Bonchev–Trinajstić information content (AvgIpc) is 3.63. The molecule has 0 saturated carbocycles. The van der Waals surface area contributed by atoms with E-state index in [4.69, 9.17) is 21.1 Å². The topological polar surface area (TPSA) is 102 Å². The number of halogens is 1. The fourth-order valence-corrected chi connectivity index (χ4v) is 7.01. The van der Waals surface area contributed by atoms with E-state index in [0.29, 0.717) is 51.0 Å². The molecule has 0 aliphatic carbocycles. The molecule has 3 aromatic carbocycles. The van der Waals surface area contributed by atoms with Gasteiger partial charge in [0.1, 0.15) is 17.3 Å². The van der Waals surface area contributed by atoms with Gasteiger partial charge in [0.05, 0.1) is 24.8 Å². The van der Waals surface area contributed by atoms with Crippen LogP contribution in [0.5, 0.6) is 11.5 Å². The zero-order chi connectivity index (χ0) is 31.8. The third kappa shape index (κ3) is 7.69. The number of nitrogens with zero attached hydrogens (tertiary/aromatic N) is 3. The van der Waals surface area contributed by atoms with Gasteiger partial charge >= 0.3 is 5.91 Å². The molecule has 234 valence electrons. The summed E-state index contributed by atoms with van der Waals surface area (Å²) < 4.78 is 12.3. The fraction of sp³-hybridized carbons (Fsp3) is 0.294. The Morgan fingerprint density at radius 2 is 1.71 bits per heavy atom. The summed E-state index contributed by atoms with van der Waals surface area (Å²) in [5, 5.41) is 21.1. The number of aliphatic hydroxyl groups excluding tert-OH is 1. The number of amides is 1. The van der Waals surface area contributed by atoms with E-state index in [9.17, 15) is 14.7 Å². The van der Waals surface area contributed by atoms with Gasteiger partial charge in [-0.2, -0.15) is 0 Å². The summed E-state index contributed by atoms with van der Waals surface area (Å²) in [6, 6.07) is 20.7. The van der Waals surface area contributed by atoms with E-state index in [0.717, 1.165) is 31.2 Å². The highest BCUT2D eigenvalue weighted by atomic mass is 35.5. The Morgan fingerprint density at radius 3 is 2.47 bits per heavy atom. The van der Waals surface area contributed by atoms with Crippen LogP contribution in [-0.4, -0.2) is 40.2 Å². The molecule has 0 radical (unpaired) electrons. The van der Waals surface area contributed by atoms with Gasteiger partial charge in [-0.15, -0.1) is 10.2 Å². The number of rotatable bonds is 14. The average molecular weight is 664 g/mol. The Balaban J connectivity index is 1.51. The number of hydrogen-bond donors (Lipinski definition) is 1. The molecular formula is C34H34ClN3O5S2. The van der Waals surface area contributed by atoms with E-state index in [2.05, 4.69) is 17.1 Å². The van der Waals surface area contributed by atoms with Crippen molar-refractivity contribution in [2.24, 2.45) is 0 Å². The lowest BCUT2D eigenvalue weighted by Crippen LogP contribution is -2.29. The first-order chi connectivity index (χ1) is 21.9. The number of ether oxygens (including phenoxy) is 2. The number of carbonyl (C=O) groups is 2. The Labute approximate surface area is 276 Å². The van der Waals surface area contributed by atoms with Gasteiger partial charge in [-0.05, 0) is 66.4 Å². The molecule has 1 aliphatic heterocycles. The smallest absolute Gasteiger partial charge is 0.301 e. The third-order valence-electron chi connectivity index (χ3n) is 7.15. The molecule has 1 fully saturated rings. The Hall–Kier alpha value is -3.86. The number of benzene rings is 3. The van der Waals surface area contributed by atoms with Crippen LogP contribution in [0.3, 0.4) is 0 Å². The molecule has 4 aromatic rings. The fourth-order valence-electron chi connectivity index (χ4n) is 4.86. The van der Waals surface area contributed by atoms with E-state index in [-0.39, 0.29) is 16.5 Å². The van der Waals surface area contributed by atoms with Gasteiger partial charge in [-0.1, -0.05) is 91.7 Å². The van der Waals surface area contributed by atoms with E-state index in [1.54, 1.807) is 30.3 Å². The summed E-state index contributed by atoms with van der Waals surface area (Å²) in [5.41, 5.74) is 1.91. The first kappa shape index (κ1) is 32.5. The molecule has 1 N–H and O–H groups in total. The van der Waals surface area contributed by atoms with Crippen LogP contribution in [0.2, 0.25) is 5.02 Å². The number of aromatic nitrogens is 2. The number of aliphatic hydroxyl groups is 1. The quantitative estimate of drug-likeness (QED) is 0.0358. The summed E-state index contributed by atoms with van der Waals surface area (Å²) in [7, 11) is 0. The highest BCUT2D eigenvalue weighted by molar-refractivity contribution is 8.00. The summed E-state index contributed by atoms with van der Waals surface area (Å²) in [4.78, 5) is 28.6. The van der Waals surface area contributed by atoms with Crippen molar-refractivity contribution in [2.45, 2.75) is 55.7 Å². The van der Waals surface area contributed by atoms with Gasteiger partial charge in [0.25, 0.3) is 5.78 Å². The summed E-state index contributed by atoms with van der Waals surface area (Å²) in [6.07, 6.45) is 3.90. The number of hydrogen-bond acceptors (Lipinski definition) is 9. The van der Waals surface area contributed by atoms with Crippen LogP contribution in [0, 0.1) is 0 Å². The summed E-state index contributed by atoms with van der Waals surface area (Å²) in [6.45, 7) is 5.26. The largest absolute Gasteiger partial charge is 0.507 e. The maximum absolute atomic E-state index is 13.7. The Bertz CT molecular complexity index is 1670. The van der Waals surface area contributed by atoms with Crippen LogP contribution < -0.4 is 14.4 Å². The van der Waals surface area contributed by atoms with Crippen molar-refractivity contribution >= 4 is 57.3 Å². The van der Waals surface area contributed by atoms with Crippen molar-refractivity contribution in [3.63, 3.8) is 0 Å². The molecule has 0 bridgehead atoms. The number of ketones is 1. The zero-order valence-electron chi connectivity index (χ0n) is 25.1. The van der Waals surface area contributed by atoms with Crippen LogP contribution in [0.25, 0.3) is 5.76 Å². The molecular weight excluding hydrogens is 630 g/mol. The molecule has 8 nitrogen and oxygen atoms in total. The van der Waals surface area contributed by atoms with Gasteiger partial charge in [0, 0.05) is 16.3 Å². The summed E-state index contributed by atoms with van der Waals surface area (Å²) >= 11 is 8.96. The lowest BCUT2D eigenvalue weighted by Gasteiger charge is -2.23. The van der Waals surface area contributed by atoms with E-state index >= 15 is 0 Å². The van der Waals surface area contributed by atoms with Crippen LogP contribution in [0.1, 0.15) is 62.3 Å². The van der Waals surface area contributed by atoms with Crippen molar-refractivity contribution in [1.29, 1.82) is 0 Å². The van der Waals surface area contributed by atoms with Gasteiger partial charge < -0.3 is 14.6 Å². The van der Waals surface area contributed by atoms with Crippen molar-refractivity contribution < 1.29 is 24.2 Å². The normalized spacial score (nSPS) is 15.9. The van der Waals surface area contributed by atoms with E-state index < -0.39 is 17.7 Å². The van der Waals surface area contributed by atoms with Crippen LogP contribution in [0.4, 0.5) is 5.13 Å². The molecule has 1 atom stereocenters. The first-order valence-corrected chi connectivity index (χ1v) is 17.1. The van der Waals surface area contributed by atoms with Crippen molar-refractivity contribution in [1.82, 2.24) is 10.2 Å². The molecule has 1 amide bonds. The Kier molecular flexibility index (Phi) is 11.2. The minimum absolute atomic E-state index is 0.0363. The number of Topliss-reactive ketones (excluding diaryl/α,β-unsaturated/α-hetero) is 1. The second kappa shape index (κ2) is 15.4. The maximum Gasteiger partial charge on any atom is 0.301 e. The van der Waals surface area contributed by atoms with E-state index in [1.165, 1.54) is 28.0 Å². The lowest BCUT2D eigenvalue weighted by molar-refractivity contribution is -0.132. The van der Waals surface area contributed by atoms with Gasteiger partial charge in [-0.25, -0.2) is 0 Å². The van der Waals surface area contributed by atoms with Crippen molar-refractivity contribution in [2.75, 3.05) is 18.1 Å². The zero-order valence-corrected chi connectivity index (χ0v) is 27.5. The molecule has 2 heterocycles. The Morgan fingerprint density at radius 1 is 0.933 bits per heavy atom. The molecule has 1 aromatic heterocycles. The standard InChI is InChI=1S/C34H34ClN3O5S2/c1-3-5-8-19-43-26-12-9-11-23(20-26)29-28(30(39)22-14-16-25(17-15-22)42-18-4-2)31(40)32(41)38(29)33-36-37-34(45-33)44-21-24-10-6-7-13-27(24)35/h6-7,9-17,20,29,39H,3-5,8,18-19,21H2,1-2H3. The minimum Gasteiger partial charge on any atom is -0.507 e. The first-order valence-electron chi connectivity index (χ1n) is 14.9. The summed E-state index contributed by atoms with van der Waals surface area (Å²) in [5.74, 6) is -0.0636. The number of carbonyl (C=O) groups excluding carboxylic acids is 2. The molecule has 45 heavy (non-hydrogen) atoms. The monoisotopic (exact) mass is 663 g/mol. The number of unbranched alkanes of at least 4 members (excludes halogenated alkanes) is 2. The molecule has 11 heteroatoms. The van der Waals surface area contributed by atoms with E-state index in [1.807, 2.05) is 49.4 Å². The minimum atomic E-state index is -0.949. The highest BCUT2D eigenvalue weighted by Gasteiger charge is 2.48. The molecule has 1 unspecified atom stereocenters. The third-order valence-corrected chi connectivity index (χ3v) is 9.62. The predicted octanol–water partition coefficient (Wildman–Crippen LogP) is 8.47. The number of anilines is 1. The van der Waals surface area contributed by atoms with Gasteiger partial charge in [-0.3, -0.25) is 14.5 Å². The second-order valence-electron chi connectivity index (χ2n) is 10.4. The molecule has 1 aliphatic rings. The van der Waals surface area contributed by atoms with Crippen LogP contribution >= 0.6 is 34.7 Å². The maximum atomic E-state index is 13.7. The van der Waals surface area contributed by atoms with Gasteiger partial charge in [0.2, 0.25) is 5.13 Å². The molecule has 1 saturated heterocycles. The van der Waals surface area contributed by atoms with Gasteiger partial charge in [0.15, 0.2) is 4.34 Å². The molecule has 0 spiro atoms. The number of thioether (sulfide) groups is 1. The predicted molar refractivity (Wildman–Crippen MR) is 179 cm³/mol. The van der Waals surface area contributed by atoms with Crippen molar-refractivity contribution in [3.8, 4) is 11.5 Å². The van der Waals surface area contributed by atoms with Crippen LogP contribution in [0.15, 0.2) is 82.7 Å². The molecule has 5 rings (SSSR count). The lowest BCUT2D eigenvalue weighted by atomic mass is 9.95. The SMILES string of the molecule is CCCCCOc1cccc(C2C(=C(O)c3ccc(OCCC)cc3)C(=O)C(=O)N2c2nnc(SCc3ccccc3Cl)s2)c1. The van der Waals surface area contributed by atoms with Crippen LogP contribution in [-0.2, 0) is 15.3 Å².